The van der Waals surface area contributed by atoms with E-state index in [4.69, 9.17) is 22.6 Å². The first-order chi connectivity index (χ1) is 63.3. The molecule has 133 heavy (non-hydrogen) atoms. The second-order valence-corrected chi connectivity index (χ2v) is 35.5. The summed E-state index contributed by atoms with van der Waals surface area (Å²) in [5.74, 6) is -17.9. The van der Waals surface area contributed by atoms with Gasteiger partial charge >= 0.3 is 0 Å². The molecule has 3 aromatic heterocycles. The van der Waals surface area contributed by atoms with E-state index in [-0.39, 0.29) is 89.6 Å². The van der Waals surface area contributed by atoms with Gasteiger partial charge in [-0.05, 0) is 86.6 Å². The van der Waals surface area contributed by atoms with Crippen LogP contribution in [0.4, 0.5) is 0 Å². The van der Waals surface area contributed by atoms with E-state index in [2.05, 4.69) is 78.4 Å². The number of nitrogens with two attached hydrogens (primary N) is 3. The van der Waals surface area contributed by atoms with Crippen molar-refractivity contribution in [2.45, 2.75) is 222 Å². The van der Waals surface area contributed by atoms with Crippen LogP contribution in [0.1, 0.15) is 134 Å². The molecule has 0 aliphatic carbocycles. The Morgan fingerprint density at radius 3 is 1.73 bits per heavy atom. The topological polar surface area (TPSA) is 641 Å². The summed E-state index contributed by atoms with van der Waals surface area (Å²) in [6.45, 7) is 5.76. The standard InChI is InChI=1S/C89H128N24O19S/c1-10-12-30-69-82(125)102-60(29-21-33-95-89(92)93)78(121)108-68(77(120)98-44-73(91)116)47-133(132)48-75(118)101-64(36-52-23-15-14-16-24-52)85(128)110(7)51(5)76(119)104-66(40-72(90)115)87(130)113-34-22-32-70(113)83(126)103-62(39-55-43-94-49-99-55)80(123)105-63(35-50(3)4)84(127)109(6)45-74(117)100-61(37-53-41-96-58-27-19-17-25-56(53)58)79(122)107-67(46-114)81(124)106-65(38-54-42-97-59-28-20-18-26-57(54)59)86(129)112(9)71(31-13-11-2)88(131)111(69)8/h14-20,23-28,41-43,49-51,60-71,82,96-97,102,114,125H,10-13,21-22,29-40,44-48H2,1-9H3,(H2,90,115)(H2,91,116)(H,94,99)(H,98,120)(H,100,117)(H,101,118)(H,103,126)(H,104,119)(H,105,123)(H,106,124)(H,107,122)(H,108,121)(H4,92,93,95)/t51-,60-,61-,62-,63-,64-,65-,66-,67-,68-,69-,70?,71-,82?,133?/m0/s1. The molecule has 0 radical (unpaired) electrons. The molecule has 724 valence electrons. The average Bonchev–Trinajstić information content (AvgIpc) is 1.69. The molecule has 15 atom stereocenters. The van der Waals surface area contributed by atoms with E-state index in [1.807, 2.05) is 13.8 Å². The lowest BCUT2D eigenvalue weighted by Crippen LogP contribution is -2.62. The third-order valence-corrected chi connectivity index (χ3v) is 24.7. The van der Waals surface area contributed by atoms with Crippen LogP contribution in [0.3, 0.4) is 0 Å². The van der Waals surface area contributed by atoms with Crippen molar-refractivity contribution in [1.82, 2.24) is 103 Å². The molecule has 0 saturated carbocycles. The number of hydrogen-bond donors (Lipinski definition) is 20. The number of para-hydroxylation sites is 2. The average molecular weight is 1870 g/mol. The summed E-state index contributed by atoms with van der Waals surface area (Å²) < 4.78 is 14.4. The lowest BCUT2D eigenvalue weighted by molar-refractivity contribution is -0.149. The lowest BCUT2D eigenvalue weighted by atomic mass is 9.99. The molecule has 23 N–H and O–H groups in total. The number of likely N-dealkylation sites (N-methyl/N-ethyl adjacent to an activating group) is 4. The fourth-order valence-corrected chi connectivity index (χ4v) is 17.2. The predicted molar refractivity (Wildman–Crippen MR) is 491 cm³/mol. The molecular formula is C89H128N24O19S. The molecule has 2 fully saturated rings. The Bertz CT molecular complexity index is 5090. The number of aliphatic hydroxyl groups excluding tert-OH is 2. The maximum absolute atomic E-state index is 15.7. The molecule has 2 aliphatic rings. The second kappa shape index (κ2) is 51.0. The first-order valence-electron chi connectivity index (χ1n) is 44.5. The second-order valence-electron chi connectivity index (χ2n) is 34.0. The number of nitrogens with zero attached hydrogens (tertiary/aromatic N) is 6. The fourth-order valence-electron chi connectivity index (χ4n) is 16.1. The van der Waals surface area contributed by atoms with E-state index in [0.717, 1.165) is 19.6 Å². The monoisotopic (exact) mass is 1870 g/mol. The summed E-state index contributed by atoms with van der Waals surface area (Å²) in [6.07, 6.45) is 4.07. The van der Waals surface area contributed by atoms with E-state index in [0.29, 0.717) is 69.9 Å². The molecule has 16 amide bonds. The number of benzene rings is 3. The number of amides is 16. The minimum Gasteiger partial charge on any atom is -0.394 e. The summed E-state index contributed by atoms with van der Waals surface area (Å²) in [4.78, 5) is 252. The van der Waals surface area contributed by atoms with Crippen molar-refractivity contribution in [3.05, 3.63) is 126 Å². The highest BCUT2D eigenvalue weighted by Gasteiger charge is 2.44. The maximum Gasteiger partial charge on any atom is 0.246 e. The third-order valence-electron chi connectivity index (χ3n) is 23.4. The Morgan fingerprint density at radius 2 is 1.13 bits per heavy atom. The molecule has 2 aliphatic heterocycles. The first-order valence-corrected chi connectivity index (χ1v) is 46.0. The van der Waals surface area contributed by atoms with Crippen molar-refractivity contribution in [3.8, 4) is 0 Å². The molecule has 3 unspecified atom stereocenters. The number of H-pyrrole nitrogens is 3. The molecule has 8 rings (SSSR count). The van der Waals surface area contributed by atoms with Gasteiger partial charge in [0.1, 0.15) is 78.4 Å². The molecule has 0 spiro atoms. The molecule has 3 aromatic carbocycles. The van der Waals surface area contributed by atoms with Crippen molar-refractivity contribution in [3.63, 3.8) is 0 Å². The summed E-state index contributed by atoms with van der Waals surface area (Å²) >= 11 is 0. The lowest BCUT2D eigenvalue weighted by Gasteiger charge is -2.39. The van der Waals surface area contributed by atoms with E-state index in [9.17, 15) is 72.0 Å². The van der Waals surface area contributed by atoms with Gasteiger partial charge in [-0.15, -0.1) is 0 Å². The fraction of sp³-hybridized carbons (Fsp3) is 0.528. The Kier molecular flexibility index (Phi) is 40.3. The molecule has 0 bridgehead atoms. The zero-order valence-corrected chi connectivity index (χ0v) is 77.2. The van der Waals surface area contributed by atoms with Crippen LogP contribution in [-0.4, -0.2) is 317 Å². The molecule has 6 aromatic rings. The van der Waals surface area contributed by atoms with Crippen LogP contribution in [0, 0.1) is 11.3 Å². The van der Waals surface area contributed by atoms with Crippen LogP contribution in [-0.2, 0) is 113 Å². The molecular weight excluding hydrogens is 1740 g/mol. The number of carbonyl (C=O) groups excluding carboxylic acids is 16. The number of aromatic amines is 3. The van der Waals surface area contributed by atoms with Crippen molar-refractivity contribution in [2.24, 2.45) is 23.1 Å². The maximum atomic E-state index is 15.7. The minimum atomic E-state index is -2.46. The number of guanidine groups is 1. The number of rotatable bonds is 26. The Labute approximate surface area is 772 Å². The van der Waals surface area contributed by atoms with Crippen molar-refractivity contribution in [1.29, 1.82) is 5.41 Å². The number of fused-ring (bicyclic) bond motifs is 3. The molecule has 43 nitrogen and oxygen atoms in total. The normalized spacial score (nSPS) is 24.6. The summed E-state index contributed by atoms with van der Waals surface area (Å²) in [5, 5.41) is 61.8. The van der Waals surface area contributed by atoms with Crippen molar-refractivity contribution in [2.75, 3.05) is 72.5 Å². The van der Waals surface area contributed by atoms with Gasteiger partial charge in [-0.2, -0.15) is 0 Å². The molecule has 5 heterocycles. The van der Waals surface area contributed by atoms with Gasteiger partial charge in [0.05, 0.1) is 50.3 Å². The summed E-state index contributed by atoms with van der Waals surface area (Å²) in [6, 6.07) is 2.32. The van der Waals surface area contributed by atoms with E-state index in [1.165, 1.54) is 52.5 Å². The SMILES string of the molecule is CCCC[C@H]1C(=O)N(C)[C@@H](CCCC)C(O)N[C@@H](CCCNC(=N)N)C(=O)N[C@H](C(=O)NCC(N)=O)CS(=O)CC(=O)N[C@@H](Cc2ccccc2)C(=O)N(C)[C@@H](C)C(=O)N[C@@H](CC(N)=O)C(=O)N2CCCC2C(=O)N[C@@H](Cc2cnc[nH]2)C(=O)N[C@@H](CC(C)C)C(=O)N(C)CC(=O)N[C@@H](Cc2c[nH]c3ccccc23)C(=O)N[C@@H](CO)C(=O)N[C@@H](Cc2c[nH]c3ccccc23)C(=O)N1C. The summed E-state index contributed by atoms with van der Waals surface area (Å²) in [5.41, 5.74) is 19.9. The van der Waals surface area contributed by atoms with Gasteiger partial charge in [0.25, 0.3) is 0 Å². The number of imidazole rings is 1. The highest BCUT2D eigenvalue weighted by atomic mass is 32.2. The third kappa shape index (κ3) is 30.7. The molecule has 2 saturated heterocycles. The first kappa shape index (κ1) is 105. The van der Waals surface area contributed by atoms with Gasteiger partial charge in [-0.1, -0.05) is 120 Å². The minimum absolute atomic E-state index is 0.00158. The smallest absolute Gasteiger partial charge is 0.246 e. The molecule has 44 heteroatoms. The van der Waals surface area contributed by atoms with Gasteiger partial charge in [0, 0.05) is 124 Å². The highest BCUT2D eigenvalue weighted by molar-refractivity contribution is 7.85. The predicted octanol–water partition coefficient (Wildman–Crippen LogP) is -3.33. The number of aliphatic hydroxyl groups is 2. The highest BCUT2D eigenvalue weighted by Crippen LogP contribution is 2.26. The number of nitrogens with one attached hydrogen (secondary N) is 15. The number of hydrogen-bond acceptors (Lipinski definition) is 22. The van der Waals surface area contributed by atoms with Crippen LogP contribution in [0.2, 0.25) is 0 Å². The van der Waals surface area contributed by atoms with Crippen LogP contribution in [0.15, 0.2) is 104 Å². The zero-order chi connectivity index (χ0) is 97.4. The Morgan fingerprint density at radius 1 is 0.571 bits per heavy atom. The van der Waals surface area contributed by atoms with E-state index >= 15 is 19.2 Å². The van der Waals surface area contributed by atoms with Crippen LogP contribution >= 0.6 is 0 Å². The van der Waals surface area contributed by atoms with E-state index in [1.54, 1.807) is 105 Å². The van der Waals surface area contributed by atoms with Crippen molar-refractivity contribution < 1.29 is 91.1 Å². The quantitative estimate of drug-likeness (QED) is 0.0143. The number of unbranched alkanes of at least 4 members (excludes halogenated alkanes) is 2. The van der Waals surface area contributed by atoms with Gasteiger partial charge in [-0.3, -0.25) is 91.6 Å². The van der Waals surface area contributed by atoms with Gasteiger partial charge in [0.2, 0.25) is 94.5 Å². The largest absolute Gasteiger partial charge is 0.394 e. The van der Waals surface area contributed by atoms with Crippen LogP contribution < -0.4 is 75.7 Å². The van der Waals surface area contributed by atoms with Crippen molar-refractivity contribution >= 4 is 133 Å². The summed E-state index contributed by atoms with van der Waals surface area (Å²) in [7, 11) is 2.77. The van der Waals surface area contributed by atoms with Crippen LogP contribution in [0.25, 0.3) is 21.8 Å². The van der Waals surface area contributed by atoms with Gasteiger partial charge in [0.15, 0.2) is 5.96 Å². The number of aromatic nitrogens is 4. The van der Waals surface area contributed by atoms with E-state index < -0.39 is 234 Å². The Hall–Kier alpha value is -13.2. The van der Waals surface area contributed by atoms with Crippen LogP contribution in [0.5, 0.6) is 0 Å². The van der Waals surface area contributed by atoms with Gasteiger partial charge in [-0.25, -0.2) is 4.98 Å². The zero-order valence-electron chi connectivity index (χ0n) is 76.4. The van der Waals surface area contributed by atoms with Gasteiger partial charge < -0.3 is 120 Å². The Balaban J connectivity index is 1.19. The number of primary amides is 2. The number of carbonyl (C=O) groups is 16.